The zero-order valence-corrected chi connectivity index (χ0v) is 28.9. The first-order chi connectivity index (χ1) is 20.1. The van der Waals surface area contributed by atoms with Crippen LogP contribution in [-0.2, 0) is 14.9 Å². The lowest BCUT2D eigenvalue weighted by Crippen LogP contribution is -2.57. The summed E-state index contributed by atoms with van der Waals surface area (Å²) in [6.45, 7) is 11.8. The lowest BCUT2D eigenvalue weighted by molar-refractivity contribution is -0.890. The van der Waals surface area contributed by atoms with Crippen molar-refractivity contribution >= 4 is 16.0 Å². The second-order valence-electron chi connectivity index (χ2n) is 16.4. The van der Waals surface area contributed by atoms with Crippen molar-refractivity contribution in [1.29, 1.82) is 0 Å². The van der Waals surface area contributed by atoms with Crippen LogP contribution in [0, 0.1) is 46.3 Å². The maximum atomic E-state index is 14.3. The third kappa shape index (κ3) is 7.89. The Bertz CT molecular complexity index is 1100. The van der Waals surface area contributed by atoms with Crippen LogP contribution in [0.2, 0.25) is 0 Å². The largest absolute Gasteiger partial charge is 0.393 e. The number of nitrogens with one attached hydrogen (secondary N) is 1. The first kappa shape index (κ1) is 34.9. The van der Waals surface area contributed by atoms with Gasteiger partial charge in [-0.15, -0.1) is 0 Å². The number of aliphatic hydroxyl groups is 1. The molecule has 4 rings (SSSR count). The Balaban J connectivity index is 1.42. The van der Waals surface area contributed by atoms with E-state index >= 15 is 0 Å². The number of hydrogen-bond acceptors (Lipinski definition) is 4. The van der Waals surface area contributed by atoms with Gasteiger partial charge in [0.2, 0.25) is 5.91 Å². The number of quaternary nitrogens is 1. The monoisotopic (exact) mass is 623 g/mol. The zero-order valence-electron chi connectivity index (χ0n) is 28.1. The van der Waals surface area contributed by atoms with Crippen LogP contribution in [0.4, 0.5) is 0 Å². The molecule has 0 saturated heterocycles. The van der Waals surface area contributed by atoms with Crippen LogP contribution in [0.15, 0.2) is 11.6 Å². The summed E-state index contributed by atoms with van der Waals surface area (Å²) in [5, 5.41) is 14.0. The molecule has 43 heavy (non-hydrogen) atoms. The molecule has 7 nitrogen and oxygen atoms in total. The molecular weight excluding hydrogens is 560 g/mol. The quantitative estimate of drug-likeness (QED) is 0.0922. The van der Waals surface area contributed by atoms with Crippen LogP contribution in [0.25, 0.3) is 0 Å². The van der Waals surface area contributed by atoms with Gasteiger partial charge in [0.1, 0.15) is 0 Å². The molecule has 0 heterocycles. The maximum Gasteiger partial charge on any atom is 0.265 e. The molecule has 4 aliphatic rings. The first-order valence-corrected chi connectivity index (χ1v) is 19.1. The molecule has 1 amide bonds. The summed E-state index contributed by atoms with van der Waals surface area (Å²) in [7, 11) is 0.201. The molecule has 0 aromatic rings. The molecule has 0 aromatic carbocycles. The SMILES string of the molecule is CC(C)CCC[C@@H](C)[C@H]1CC[C@H]2[C@@H]3CC=C4C[C@@H](O)CC[C@]4(C(=O)NCCC[N+](C)(C)CCCS(=O)(=O)O)[C@H]3CC[C@]12C. The van der Waals surface area contributed by atoms with Crippen molar-refractivity contribution in [3.8, 4) is 0 Å². The second-order valence-corrected chi connectivity index (χ2v) is 17.9. The predicted octanol–water partition coefficient (Wildman–Crippen LogP) is 6.23. The number of amides is 1. The minimum absolute atomic E-state index is 0.178. The summed E-state index contributed by atoms with van der Waals surface area (Å²) in [4.78, 5) is 14.3. The standard InChI is InChI=1S/C35H62N2O5S/c1-25(2)10-7-11-26(3)30-14-15-31-29-13-12-27-24-28(38)16-19-35(27,32(29)17-18-34(30,31)4)33(39)36-20-8-21-37(5,6)22-9-23-43(40,41)42/h12,25-26,28-32,38H,7-11,13-24H2,1-6H3,(H-,36,39,40,41,42)/p+1/t26-,28+,29+,30-,31+,32+,34-,35-/m1/s1. The van der Waals surface area contributed by atoms with E-state index in [1.165, 1.54) is 44.1 Å². The minimum Gasteiger partial charge on any atom is -0.393 e. The smallest absolute Gasteiger partial charge is 0.265 e. The van der Waals surface area contributed by atoms with Crippen molar-refractivity contribution in [2.75, 3.05) is 39.5 Å². The van der Waals surface area contributed by atoms with Gasteiger partial charge in [-0.2, -0.15) is 8.42 Å². The van der Waals surface area contributed by atoms with Crippen molar-refractivity contribution in [3.05, 3.63) is 11.6 Å². The Labute approximate surface area is 263 Å². The molecule has 0 spiro atoms. The van der Waals surface area contributed by atoms with Gasteiger partial charge >= 0.3 is 0 Å². The molecule has 4 aliphatic carbocycles. The average Bonchev–Trinajstić information content (AvgIpc) is 3.27. The summed E-state index contributed by atoms with van der Waals surface area (Å²) < 4.78 is 31.9. The Morgan fingerprint density at radius 1 is 1.02 bits per heavy atom. The Kier molecular flexibility index (Phi) is 11.2. The molecule has 0 aliphatic heterocycles. The number of carbonyl (C=O) groups is 1. The highest BCUT2D eigenvalue weighted by Crippen LogP contribution is 2.67. The van der Waals surface area contributed by atoms with Crippen molar-refractivity contribution in [3.63, 3.8) is 0 Å². The van der Waals surface area contributed by atoms with E-state index in [4.69, 9.17) is 4.55 Å². The Morgan fingerprint density at radius 3 is 2.44 bits per heavy atom. The maximum absolute atomic E-state index is 14.3. The van der Waals surface area contributed by atoms with E-state index < -0.39 is 15.5 Å². The van der Waals surface area contributed by atoms with Gasteiger partial charge in [0.05, 0.1) is 44.5 Å². The molecular formula is C35H63N2O5S+. The third-order valence-corrected chi connectivity index (χ3v) is 13.4. The van der Waals surface area contributed by atoms with Gasteiger partial charge in [-0.05, 0) is 92.3 Å². The highest BCUT2D eigenvalue weighted by Gasteiger charge is 2.62. The van der Waals surface area contributed by atoms with Gasteiger partial charge < -0.3 is 14.9 Å². The van der Waals surface area contributed by atoms with Gasteiger partial charge in [0.25, 0.3) is 10.1 Å². The highest BCUT2D eigenvalue weighted by atomic mass is 32.2. The minimum atomic E-state index is -3.94. The van der Waals surface area contributed by atoms with Gasteiger partial charge in [-0.1, -0.05) is 58.6 Å². The molecule has 248 valence electrons. The summed E-state index contributed by atoms with van der Waals surface area (Å²) in [5.74, 6) is 3.88. The van der Waals surface area contributed by atoms with Gasteiger partial charge in [-0.25, -0.2) is 0 Å². The van der Waals surface area contributed by atoms with Crippen LogP contribution in [0.3, 0.4) is 0 Å². The molecule has 0 unspecified atom stereocenters. The summed E-state index contributed by atoms with van der Waals surface area (Å²) in [6, 6.07) is 0. The molecule has 8 heteroatoms. The molecule has 0 bridgehead atoms. The predicted molar refractivity (Wildman–Crippen MR) is 174 cm³/mol. The van der Waals surface area contributed by atoms with Crippen LogP contribution in [0.5, 0.6) is 0 Å². The van der Waals surface area contributed by atoms with E-state index in [2.05, 4.69) is 53.2 Å². The van der Waals surface area contributed by atoms with E-state index in [1.807, 2.05) is 0 Å². The van der Waals surface area contributed by atoms with Crippen LogP contribution >= 0.6 is 0 Å². The Morgan fingerprint density at radius 2 is 1.74 bits per heavy atom. The van der Waals surface area contributed by atoms with Gasteiger partial charge in [0.15, 0.2) is 0 Å². The highest BCUT2D eigenvalue weighted by molar-refractivity contribution is 7.85. The number of fused-ring (bicyclic) bond motifs is 5. The summed E-state index contributed by atoms with van der Waals surface area (Å²) >= 11 is 0. The molecule has 3 fully saturated rings. The summed E-state index contributed by atoms with van der Waals surface area (Å²) in [6.07, 6.45) is 15.4. The fourth-order valence-electron chi connectivity index (χ4n) is 10.4. The lowest BCUT2D eigenvalue weighted by Gasteiger charge is -2.58. The average molecular weight is 624 g/mol. The molecule has 3 N–H and O–H groups in total. The molecule has 8 atom stereocenters. The van der Waals surface area contributed by atoms with E-state index in [1.54, 1.807) is 0 Å². The van der Waals surface area contributed by atoms with Gasteiger partial charge in [0, 0.05) is 19.4 Å². The fraction of sp³-hybridized carbons (Fsp3) is 0.914. The summed E-state index contributed by atoms with van der Waals surface area (Å²) in [5.41, 5.74) is 1.09. The van der Waals surface area contributed by atoms with Gasteiger partial charge in [-0.3, -0.25) is 9.35 Å². The lowest BCUT2D eigenvalue weighted by atomic mass is 9.46. The van der Waals surface area contributed by atoms with E-state index in [9.17, 15) is 18.3 Å². The normalized spacial score (nSPS) is 35.1. The molecule has 0 aromatic heterocycles. The molecule has 3 saturated carbocycles. The number of rotatable bonds is 14. The number of allylic oxidation sites excluding steroid dienone is 1. The van der Waals surface area contributed by atoms with Crippen molar-refractivity contribution in [2.24, 2.45) is 46.3 Å². The van der Waals surface area contributed by atoms with Crippen LogP contribution in [-0.4, -0.2) is 74.1 Å². The number of nitrogens with zero attached hydrogens (tertiary/aromatic N) is 1. The van der Waals surface area contributed by atoms with Crippen molar-refractivity contribution < 1.29 is 27.4 Å². The number of carbonyl (C=O) groups excluding carboxylic acids is 1. The Hall–Kier alpha value is -0.960. The van der Waals surface area contributed by atoms with Crippen LogP contribution < -0.4 is 5.32 Å². The fourth-order valence-corrected chi connectivity index (χ4v) is 10.9. The van der Waals surface area contributed by atoms with E-state index in [0.29, 0.717) is 60.0 Å². The van der Waals surface area contributed by atoms with Crippen molar-refractivity contribution in [2.45, 2.75) is 117 Å². The molecule has 0 radical (unpaired) electrons. The topological polar surface area (TPSA) is 104 Å². The number of hydrogen-bond donors (Lipinski definition) is 3. The third-order valence-electron chi connectivity index (χ3n) is 12.6. The first-order valence-electron chi connectivity index (χ1n) is 17.5. The van der Waals surface area contributed by atoms with Crippen LogP contribution in [0.1, 0.15) is 111 Å². The zero-order chi connectivity index (χ0) is 31.6. The van der Waals surface area contributed by atoms with Crippen molar-refractivity contribution in [1.82, 2.24) is 5.32 Å². The second kappa shape index (κ2) is 13.8. The van der Waals surface area contributed by atoms with E-state index in [0.717, 1.165) is 50.0 Å². The number of aliphatic hydroxyl groups excluding tert-OH is 1. The van der Waals surface area contributed by atoms with E-state index in [-0.39, 0.29) is 17.8 Å².